The minimum Gasteiger partial charge on any atom is -0.406 e. The van der Waals surface area contributed by atoms with Crippen LogP contribution in [0.1, 0.15) is 30.4 Å². The topological polar surface area (TPSA) is 69.4 Å². The highest BCUT2D eigenvalue weighted by Gasteiger charge is 2.31. The number of hydrogen-bond acceptors (Lipinski definition) is 3. The number of rotatable bonds is 4. The fourth-order valence-electron chi connectivity index (χ4n) is 3.22. The molecular formula is C18H14F5NO3S. The van der Waals surface area contributed by atoms with E-state index in [9.17, 15) is 30.4 Å². The fourth-order valence-corrected chi connectivity index (χ4v) is 3.82. The Morgan fingerprint density at radius 3 is 2.29 bits per heavy atom. The van der Waals surface area contributed by atoms with E-state index in [1.165, 1.54) is 18.2 Å². The molecule has 150 valence electrons. The summed E-state index contributed by atoms with van der Waals surface area (Å²) >= 11 is 0. The molecule has 0 radical (unpaired) electrons. The zero-order valence-electron chi connectivity index (χ0n) is 14.2. The SMILES string of the molecule is NS(=O)(=O)c1cc(F)c(C2=C(c3cccc(OC(F)(F)F)c3)CCC2)cc1F. The van der Waals surface area contributed by atoms with Gasteiger partial charge < -0.3 is 4.74 Å². The first-order valence-corrected chi connectivity index (χ1v) is 9.61. The Kier molecular flexibility index (Phi) is 5.20. The van der Waals surface area contributed by atoms with Crippen molar-refractivity contribution in [2.45, 2.75) is 30.5 Å². The lowest BCUT2D eigenvalue weighted by Crippen LogP contribution is -2.17. The lowest BCUT2D eigenvalue weighted by molar-refractivity contribution is -0.274. The van der Waals surface area contributed by atoms with Gasteiger partial charge in [-0.1, -0.05) is 12.1 Å². The number of allylic oxidation sites excluding steroid dienone is 2. The van der Waals surface area contributed by atoms with E-state index in [0.29, 0.717) is 42.0 Å². The molecule has 0 saturated heterocycles. The van der Waals surface area contributed by atoms with Gasteiger partial charge in [0.25, 0.3) is 0 Å². The maximum absolute atomic E-state index is 14.5. The third-order valence-corrected chi connectivity index (χ3v) is 5.21. The van der Waals surface area contributed by atoms with Crippen molar-refractivity contribution in [3.63, 3.8) is 0 Å². The van der Waals surface area contributed by atoms with Gasteiger partial charge in [-0.3, -0.25) is 0 Å². The van der Waals surface area contributed by atoms with Gasteiger partial charge in [0.15, 0.2) is 0 Å². The van der Waals surface area contributed by atoms with Crippen LogP contribution < -0.4 is 9.88 Å². The van der Waals surface area contributed by atoms with Crippen molar-refractivity contribution in [3.8, 4) is 5.75 Å². The molecule has 0 unspecified atom stereocenters. The van der Waals surface area contributed by atoms with Crippen LogP contribution in [0, 0.1) is 11.6 Å². The predicted molar refractivity (Wildman–Crippen MR) is 91.5 cm³/mol. The van der Waals surface area contributed by atoms with Crippen LogP contribution in [0.2, 0.25) is 0 Å². The van der Waals surface area contributed by atoms with Crippen molar-refractivity contribution < 1.29 is 35.1 Å². The van der Waals surface area contributed by atoms with Crippen LogP contribution in [-0.4, -0.2) is 14.8 Å². The molecule has 0 bridgehead atoms. The van der Waals surface area contributed by atoms with Crippen LogP contribution in [0.5, 0.6) is 5.75 Å². The van der Waals surface area contributed by atoms with E-state index in [1.807, 2.05) is 0 Å². The second kappa shape index (κ2) is 7.17. The van der Waals surface area contributed by atoms with Crippen LogP contribution in [-0.2, 0) is 10.0 Å². The molecule has 0 fully saturated rings. The summed E-state index contributed by atoms with van der Waals surface area (Å²) < 4.78 is 92.6. The van der Waals surface area contributed by atoms with Crippen molar-refractivity contribution in [2.75, 3.05) is 0 Å². The highest BCUT2D eigenvalue weighted by molar-refractivity contribution is 7.89. The van der Waals surface area contributed by atoms with Crippen LogP contribution in [0.3, 0.4) is 0 Å². The average Bonchev–Trinajstić information content (AvgIpc) is 3.03. The number of ether oxygens (including phenoxy) is 1. The molecule has 4 nitrogen and oxygen atoms in total. The zero-order chi connectivity index (χ0) is 20.7. The maximum atomic E-state index is 14.5. The molecule has 0 amide bonds. The molecule has 0 spiro atoms. The van der Waals surface area contributed by atoms with Gasteiger partial charge in [0.05, 0.1) is 0 Å². The Balaban J connectivity index is 2.09. The molecule has 2 aromatic rings. The van der Waals surface area contributed by atoms with Crippen LogP contribution in [0.4, 0.5) is 22.0 Å². The molecule has 1 aliphatic carbocycles. The Morgan fingerprint density at radius 1 is 0.964 bits per heavy atom. The zero-order valence-corrected chi connectivity index (χ0v) is 15.0. The lowest BCUT2D eigenvalue weighted by Gasteiger charge is -2.13. The summed E-state index contributed by atoms with van der Waals surface area (Å²) in [4.78, 5) is -0.963. The molecule has 0 aliphatic heterocycles. The van der Waals surface area contributed by atoms with Gasteiger partial charge in [-0.2, -0.15) is 0 Å². The molecule has 1 aliphatic rings. The molecule has 0 atom stereocenters. The molecule has 0 aromatic heterocycles. The maximum Gasteiger partial charge on any atom is 0.573 e. The Labute approximate surface area is 157 Å². The van der Waals surface area contributed by atoms with Gasteiger partial charge in [0.2, 0.25) is 10.0 Å². The normalized spacial score (nSPS) is 15.2. The first kappa shape index (κ1) is 20.3. The predicted octanol–water partition coefficient (Wildman–Crippen LogP) is 4.61. The molecule has 10 heteroatoms. The third-order valence-electron chi connectivity index (χ3n) is 4.29. The minimum atomic E-state index is -4.86. The van der Waals surface area contributed by atoms with Gasteiger partial charge >= 0.3 is 6.36 Å². The minimum absolute atomic E-state index is 0.153. The largest absolute Gasteiger partial charge is 0.573 e. The number of alkyl halides is 3. The monoisotopic (exact) mass is 419 g/mol. The number of benzene rings is 2. The van der Waals surface area contributed by atoms with Crippen LogP contribution in [0.15, 0.2) is 41.3 Å². The van der Waals surface area contributed by atoms with E-state index in [1.54, 1.807) is 0 Å². The molecule has 0 heterocycles. The Bertz CT molecular complexity index is 1060. The van der Waals surface area contributed by atoms with Gasteiger partial charge in [-0.15, -0.1) is 13.2 Å². The summed E-state index contributed by atoms with van der Waals surface area (Å²) in [6, 6.07) is 6.45. The van der Waals surface area contributed by atoms with E-state index < -0.39 is 38.7 Å². The van der Waals surface area contributed by atoms with Crippen molar-refractivity contribution in [3.05, 3.63) is 59.2 Å². The standard InChI is InChI=1S/C18H14F5NO3S/c19-15-9-17(28(24,25)26)16(20)8-14(15)13-6-2-5-12(13)10-3-1-4-11(7-10)27-18(21,22)23/h1,3-4,7-9H,2,5-6H2,(H2,24,25,26). The molecule has 2 aromatic carbocycles. The van der Waals surface area contributed by atoms with E-state index in [4.69, 9.17) is 5.14 Å². The first-order chi connectivity index (χ1) is 13.0. The van der Waals surface area contributed by atoms with E-state index in [0.717, 1.165) is 12.1 Å². The quantitative estimate of drug-likeness (QED) is 0.736. The summed E-state index contributed by atoms with van der Waals surface area (Å²) in [6.45, 7) is 0. The lowest BCUT2D eigenvalue weighted by atomic mass is 9.96. The van der Waals surface area contributed by atoms with Gasteiger partial charge in [0, 0.05) is 5.56 Å². The van der Waals surface area contributed by atoms with Crippen molar-refractivity contribution in [1.29, 1.82) is 0 Å². The Hall–Kier alpha value is -2.46. The average molecular weight is 419 g/mol. The Morgan fingerprint density at radius 2 is 1.64 bits per heavy atom. The second-order valence-corrected chi connectivity index (χ2v) is 7.72. The number of nitrogens with two attached hydrogens (primary N) is 1. The second-order valence-electron chi connectivity index (χ2n) is 6.19. The van der Waals surface area contributed by atoms with Gasteiger partial charge in [0.1, 0.15) is 22.3 Å². The van der Waals surface area contributed by atoms with E-state index in [-0.39, 0.29) is 5.56 Å². The first-order valence-electron chi connectivity index (χ1n) is 8.06. The van der Waals surface area contributed by atoms with E-state index >= 15 is 0 Å². The number of hydrogen-bond donors (Lipinski definition) is 1. The molecule has 3 rings (SSSR count). The fraction of sp³-hybridized carbons (Fsp3) is 0.222. The van der Waals surface area contributed by atoms with E-state index in [2.05, 4.69) is 4.74 Å². The van der Waals surface area contributed by atoms with Crippen molar-refractivity contribution in [2.24, 2.45) is 5.14 Å². The molecule has 2 N–H and O–H groups in total. The smallest absolute Gasteiger partial charge is 0.406 e. The van der Waals surface area contributed by atoms with Crippen LogP contribution in [0.25, 0.3) is 11.1 Å². The van der Waals surface area contributed by atoms with Crippen molar-refractivity contribution in [1.82, 2.24) is 0 Å². The number of primary sulfonamides is 1. The number of halogens is 5. The highest BCUT2D eigenvalue weighted by atomic mass is 32.2. The molecule has 0 saturated carbocycles. The molecule has 28 heavy (non-hydrogen) atoms. The molecular weight excluding hydrogens is 405 g/mol. The van der Waals surface area contributed by atoms with Crippen molar-refractivity contribution >= 4 is 21.2 Å². The number of sulfonamides is 1. The summed E-state index contributed by atoms with van der Waals surface area (Å²) in [7, 11) is -4.44. The van der Waals surface area contributed by atoms with Gasteiger partial charge in [-0.25, -0.2) is 22.3 Å². The van der Waals surface area contributed by atoms with Crippen LogP contribution >= 0.6 is 0 Å². The summed E-state index contributed by atoms with van der Waals surface area (Å²) in [6.07, 6.45) is -3.50. The third kappa shape index (κ3) is 4.33. The summed E-state index contributed by atoms with van der Waals surface area (Å²) in [5.41, 5.74) is 1.15. The summed E-state index contributed by atoms with van der Waals surface area (Å²) in [5, 5.41) is 4.86. The highest BCUT2D eigenvalue weighted by Crippen LogP contribution is 2.42. The summed E-state index contributed by atoms with van der Waals surface area (Å²) in [5.74, 6) is -2.62. The van der Waals surface area contributed by atoms with Gasteiger partial charge in [-0.05, 0) is 60.2 Å².